The number of benzene rings is 1. The molecular weight excluding hydrogens is 334 g/mol. The van der Waals surface area contributed by atoms with Crippen LogP contribution in [0.25, 0.3) is 0 Å². The molecule has 0 unspecified atom stereocenters. The molecular formula is C20H25NO5. The third-order valence-electron chi connectivity index (χ3n) is 5.16. The molecule has 2 heterocycles. The summed E-state index contributed by atoms with van der Waals surface area (Å²) < 4.78 is 10.7. The van der Waals surface area contributed by atoms with Gasteiger partial charge in [0, 0.05) is 12.1 Å². The van der Waals surface area contributed by atoms with Gasteiger partial charge in [-0.05, 0) is 50.5 Å². The van der Waals surface area contributed by atoms with Crippen LogP contribution in [-0.2, 0) is 12.2 Å². The van der Waals surface area contributed by atoms with Crippen LogP contribution >= 0.6 is 0 Å². The van der Waals surface area contributed by atoms with Gasteiger partial charge < -0.3 is 24.3 Å². The first-order chi connectivity index (χ1) is 12.4. The van der Waals surface area contributed by atoms with Gasteiger partial charge >= 0.3 is 0 Å². The Balaban J connectivity index is 1.88. The molecule has 1 saturated heterocycles. The lowest BCUT2D eigenvalue weighted by atomic mass is 9.86. The van der Waals surface area contributed by atoms with E-state index in [2.05, 4.69) is 0 Å². The second-order valence-electron chi connectivity index (χ2n) is 6.92. The number of hydrogen-bond acceptors (Lipinski definition) is 5. The van der Waals surface area contributed by atoms with Crippen molar-refractivity contribution in [2.24, 2.45) is 0 Å². The van der Waals surface area contributed by atoms with Crippen LogP contribution in [0.1, 0.15) is 47.2 Å². The highest BCUT2D eigenvalue weighted by Crippen LogP contribution is 2.36. The Morgan fingerprint density at radius 3 is 2.65 bits per heavy atom. The summed E-state index contributed by atoms with van der Waals surface area (Å²) in [5, 5.41) is 20.5. The van der Waals surface area contributed by atoms with Crippen molar-refractivity contribution in [3.63, 3.8) is 0 Å². The van der Waals surface area contributed by atoms with E-state index in [-0.39, 0.29) is 24.3 Å². The van der Waals surface area contributed by atoms with Crippen molar-refractivity contribution in [1.82, 2.24) is 4.90 Å². The van der Waals surface area contributed by atoms with E-state index in [1.165, 1.54) is 0 Å². The number of carbonyl (C=O) groups excluding carboxylic acids is 1. The Morgan fingerprint density at radius 1 is 1.38 bits per heavy atom. The van der Waals surface area contributed by atoms with Crippen LogP contribution in [0.4, 0.5) is 0 Å². The summed E-state index contributed by atoms with van der Waals surface area (Å²) in [6, 6.07) is 8.55. The van der Waals surface area contributed by atoms with Gasteiger partial charge in [-0.2, -0.15) is 0 Å². The predicted octanol–water partition coefficient (Wildman–Crippen LogP) is 2.60. The molecule has 1 aliphatic heterocycles. The van der Waals surface area contributed by atoms with Gasteiger partial charge in [-0.1, -0.05) is 12.1 Å². The van der Waals surface area contributed by atoms with Gasteiger partial charge in [0.1, 0.15) is 23.7 Å². The van der Waals surface area contributed by atoms with Crippen molar-refractivity contribution in [3.05, 3.63) is 53.0 Å². The zero-order valence-electron chi connectivity index (χ0n) is 15.4. The number of rotatable bonds is 5. The first-order valence-electron chi connectivity index (χ1n) is 8.76. The third kappa shape index (κ3) is 3.22. The second kappa shape index (κ2) is 7.13. The third-order valence-corrected chi connectivity index (χ3v) is 5.16. The van der Waals surface area contributed by atoms with Gasteiger partial charge in [-0.3, -0.25) is 4.79 Å². The zero-order chi connectivity index (χ0) is 18.9. The van der Waals surface area contributed by atoms with E-state index >= 15 is 0 Å². The summed E-state index contributed by atoms with van der Waals surface area (Å²) in [4.78, 5) is 14.7. The molecule has 0 spiro atoms. The minimum Gasteiger partial charge on any atom is -0.497 e. The SMILES string of the molecule is COc1ccc([C@@](C)(O)[C@H]2CCCN2C(=O)c2oc(CO)cc2C)cc1. The summed E-state index contributed by atoms with van der Waals surface area (Å²) in [6.45, 7) is 3.83. The lowest BCUT2D eigenvalue weighted by Gasteiger charge is -2.36. The highest BCUT2D eigenvalue weighted by molar-refractivity contribution is 5.93. The Labute approximate surface area is 153 Å². The van der Waals surface area contributed by atoms with E-state index in [9.17, 15) is 15.0 Å². The van der Waals surface area contributed by atoms with Crippen LogP contribution in [0.5, 0.6) is 5.75 Å². The quantitative estimate of drug-likeness (QED) is 0.857. The van der Waals surface area contributed by atoms with Gasteiger partial charge in [0.05, 0.1) is 13.2 Å². The monoisotopic (exact) mass is 359 g/mol. The van der Waals surface area contributed by atoms with Gasteiger partial charge in [-0.25, -0.2) is 0 Å². The molecule has 1 aromatic carbocycles. The first-order valence-corrected chi connectivity index (χ1v) is 8.76. The smallest absolute Gasteiger partial charge is 0.290 e. The molecule has 1 aromatic heterocycles. The Bertz CT molecular complexity index is 778. The summed E-state index contributed by atoms with van der Waals surface area (Å²) in [5.41, 5.74) is 0.225. The lowest BCUT2D eigenvalue weighted by Crippen LogP contribution is -2.48. The average molecular weight is 359 g/mol. The Hall–Kier alpha value is -2.31. The normalized spacial score (nSPS) is 19.4. The standard InChI is InChI=1S/C20H25NO5/c1-13-11-16(12-22)26-18(13)19(23)21-10-4-5-17(21)20(2,24)14-6-8-15(25-3)9-7-14/h6-9,11,17,22,24H,4-5,10,12H2,1-3H3/t17-,20-/m1/s1. The molecule has 1 amide bonds. The van der Waals surface area contributed by atoms with E-state index in [1.54, 1.807) is 44.1 Å². The van der Waals surface area contributed by atoms with Gasteiger partial charge in [0.15, 0.2) is 5.76 Å². The van der Waals surface area contributed by atoms with E-state index in [0.717, 1.165) is 12.0 Å². The van der Waals surface area contributed by atoms with E-state index < -0.39 is 5.60 Å². The minimum atomic E-state index is -1.20. The highest BCUT2D eigenvalue weighted by Gasteiger charge is 2.43. The number of aliphatic hydroxyl groups excluding tert-OH is 1. The maximum absolute atomic E-state index is 13.0. The highest BCUT2D eigenvalue weighted by atomic mass is 16.5. The number of amides is 1. The first kappa shape index (κ1) is 18.5. The van der Waals surface area contributed by atoms with Gasteiger partial charge in [0.25, 0.3) is 5.91 Å². The van der Waals surface area contributed by atoms with Crippen LogP contribution in [0.3, 0.4) is 0 Å². The molecule has 0 bridgehead atoms. The number of carbonyl (C=O) groups is 1. The lowest BCUT2D eigenvalue weighted by molar-refractivity contribution is -0.0186. The molecule has 6 heteroatoms. The van der Waals surface area contributed by atoms with Crippen molar-refractivity contribution >= 4 is 5.91 Å². The molecule has 6 nitrogen and oxygen atoms in total. The maximum atomic E-state index is 13.0. The fourth-order valence-electron chi connectivity index (χ4n) is 3.68. The van der Waals surface area contributed by atoms with Gasteiger partial charge in [0.2, 0.25) is 0 Å². The number of ether oxygens (including phenoxy) is 1. The predicted molar refractivity (Wildman–Crippen MR) is 96.0 cm³/mol. The summed E-state index contributed by atoms with van der Waals surface area (Å²) in [5.74, 6) is 1.06. The fourth-order valence-corrected chi connectivity index (χ4v) is 3.68. The Kier molecular flexibility index (Phi) is 5.07. The van der Waals surface area contributed by atoms with Crippen molar-refractivity contribution in [3.8, 4) is 5.75 Å². The van der Waals surface area contributed by atoms with Crippen LogP contribution in [0.15, 0.2) is 34.7 Å². The molecule has 1 aliphatic rings. The number of nitrogens with zero attached hydrogens (tertiary/aromatic N) is 1. The van der Waals surface area contributed by atoms with Crippen LogP contribution < -0.4 is 4.74 Å². The van der Waals surface area contributed by atoms with Crippen LogP contribution in [0.2, 0.25) is 0 Å². The second-order valence-corrected chi connectivity index (χ2v) is 6.92. The van der Waals surface area contributed by atoms with Crippen LogP contribution in [-0.4, -0.2) is 40.7 Å². The zero-order valence-corrected chi connectivity index (χ0v) is 15.4. The number of methoxy groups -OCH3 is 1. The summed E-state index contributed by atoms with van der Waals surface area (Å²) in [6.07, 6.45) is 1.52. The molecule has 2 atom stereocenters. The Morgan fingerprint density at radius 2 is 2.08 bits per heavy atom. The molecule has 0 radical (unpaired) electrons. The number of furan rings is 1. The molecule has 0 saturated carbocycles. The molecule has 3 rings (SSSR count). The van der Waals surface area contributed by atoms with Crippen molar-refractivity contribution in [2.75, 3.05) is 13.7 Å². The van der Waals surface area contributed by atoms with E-state index in [1.807, 2.05) is 12.1 Å². The largest absolute Gasteiger partial charge is 0.497 e. The number of likely N-dealkylation sites (tertiary alicyclic amines) is 1. The molecule has 2 aromatic rings. The molecule has 0 aliphatic carbocycles. The van der Waals surface area contributed by atoms with E-state index in [0.29, 0.717) is 30.0 Å². The van der Waals surface area contributed by atoms with Crippen molar-refractivity contribution in [1.29, 1.82) is 0 Å². The molecule has 26 heavy (non-hydrogen) atoms. The van der Waals surface area contributed by atoms with Gasteiger partial charge in [-0.15, -0.1) is 0 Å². The number of aryl methyl sites for hydroxylation is 1. The fraction of sp³-hybridized carbons (Fsp3) is 0.450. The topological polar surface area (TPSA) is 83.1 Å². The number of aliphatic hydroxyl groups is 2. The molecule has 2 N–H and O–H groups in total. The summed E-state index contributed by atoms with van der Waals surface area (Å²) in [7, 11) is 1.59. The minimum absolute atomic E-state index is 0.228. The van der Waals surface area contributed by atoms with E-state index in [4.69, 9.17) is 9.15 Å². The maximum Gasteiger partial charge on any atom is 0.290 e. The summed E-state index contributed by atoms with van der Waals surface area (Å²) >= 11 is 0. The molecule has 140 valence electrons. The number of hydrogen-bond donors (Lipinski definition) is 2. The van der Waals surface area contributed by atoms with Crippen molar-refractivity contribution in [2.45, 2.75) is 44.9 Å². The van der Waals surface area contributed by atoms with Crippen LogP contribution in [0, 0.1) is 6.92 Å². The average Bonchev–Trinajstić information content (AvgIpc) is 3.28. The molecule has 1 fully saturated rings. The van der Waals surface area contributed by atoms with Crippen molar-refractivity contribution < 1.29 is 24.2 Å².